The monoisotopic (exact) mass is 353 g/mol. The van der Waals surface area contributed by atoms with E-state index in [1.807, 2.05) is 26.0 Å². The quantitative estimate of drug-likeness (QED) is 0.566. The van der Waals surface area contributed by atoms with Crippen LogP contribution in [-0.4, -0.2) is 21.2 Å². The number of aromatic carboxylic acids is 1. The molecule has 3 rings (SSSR count). The third-order valence-electron chi connectivity index (χ3n) is 4.90. The summed E-state index contributed by atoms with van der Waals surface area (Å²) in [6, 6.07) is 8.77. The summed E-state index contributed by atoms with van der Waals surface area (Å²) < 4.78 is 6.14. The highest BCUT2D eigenvalue weighted by Crippen LogP contribution is 2.37. The maximum Gasteiger partial charge on any atom is 0.352 e. The smallest absolute Gasteiger partial charge is 0.352 e. The summed E-state index contributed by atoms with van der Waals surface area (Å²) in [6.45, 7) is 7.99. The molecule has 3 N–H and O–H groups in total. The first-order valence-corrected chi connectivity index (χ1v) is 8.68. The van der Waals surface area contributed by atoms with E-state index in [4.69, 9.17) is 4.74 Å². The molecule has 3 aromatic rings. The number of aromatic nitrogens is 1. The molecule has 0 aliphatic heterocycles. The van der Waals surface area contributed by atoms with Crippen LogP contribution < -0.4 is 4.74 Å². The molecule has 136 valence electrons. The number of fused-ring (bicyclic) bond motifs is 1. The van der Waals surface area contributed by atoms with Gasteiger partial charge in [0.05, 0.1) is 0 Å². The van der Waals surface area contributed by atoms with Crippen LogP contribution in [0.5, 0.6) is 17.2 Å². The van der Waals surface area contributed by atoms with E-state index >= 15 is 0 Å². The number of phenols is 1. The molecule has 0 amide bonds. The van der Waals surface area contributed by atoms with Crippen molar-refractivity contribution in [2.24, 2.45) is 0 Å². The number of carboxylic acids is 1. The van der Waals surface area contributed by atoms with Crippen LogP contribution in [-0.2, 0) is 0 Å². The molecule has 5 nitrogen and oxygen atoms in total. The van der Waals surface area contributed by atoms with Crippen molar-refractivity contribution < 1.29 is 19.7 Å². The third kappa shape index (κ3) is 3.12. The molecular formula is C21H23NO4. The average molecular weight is 353 g/mol. The number of aromatic amines is 1. The number of aryl methyl sites for hydroxylation is 2. The Morgan fingerprint density at radius 3 is 2.62 bits per heavy atom. The standard InChI is InChI=1S/C21H23NO4/c1-5-11(2)15-9-14(6-7-19(15)23)26-20-12(3)8-17-16(13(20)4)10-18(22-17)21(24)25/h6-11,22-23H,5H2,1-4H3,(H,24,25). The number of rotatable bonds is 5. The Bertz CT molecular complexity index is 987. The highest BCUT2D eigenvalue weighted by molar-refractivity contribution is 5.96. The summed E-state index contributed by atoms with van der Waals surface area (Å²) in [5.41, 5.74) is 3.57. The van der Waals surface area contributed by atoms with Crippen molar-refractivity contribution in [1.82, 2.24) is 4.98 Å². The normalized spacial score (nSPS) is 12.3. The van der Waals surface area contributed by atoms with Crippen molar-refractivity contribution in [1.29, 1.82) is 0 Å². The maximum absolute atomic E-state index is 11.2. The van der Waals surface area contributed by atoms with E-state index in [1.54, 1.807) is 18.2 Å². The number of hydrogen-bond donors (Lipinski definition) is 3. The van der Waals surface area contributed by atoms with Crippen molar-refractivity contribution in [2.75, 3.05) is 0 Å². The second kappa shape index (κ2) is 6.75. The Labute approximate surface area is 152 Å². The lowest BCUT2D eigenvalue weighted by Crippen LogP contribution is -1.96. The lowest BCUT2D eigenvalue weighted by molar-refractivity contribution is 0.0691. The Balaban J connectivity index is 2.05. The largest absolute Gasteiger partial charge is 0.508 e. The average Bonchev–Trinajstić information content (AvgIpc) is 3.03. The predicted molar refractivity (Wildman–Crippen MR) is 102 cm³/mol. The van der Waals surface area contributed by atoms with Crippen molar-refractivity contribution in [3.05, 3.63) is 52.7 Å². The van der Waals surface area contributed by atoms with Crippen LogP contribution in [0.3, 0.4) is 0 Å². The molecule has 1 atom stereocenters. The van der Waals surface area contributed by atoms with Gasteiger partial charge in [-0.15, -0.1) is 0 Å². The molecule has 0 bridgehead atoms. The summed E-state index contributed by atoms with van der Waals surface area (Å²) in [5, 5.41) is 20.1. The van der Waals surface area contributed by atoms with Gasteiger partial charge >= 0.3 is 5.97 Å². The van der Waals surface area contributed by atoms with Crippen LogP contribution in [0.2, 0.25) is 0 Å². The summed E-state index contributed by atoms with van der Waals surface area (Å²) in [5.74, 6) is 0.864. The van der Waals surface area contributed by atoms with Gasteiger partial charge in [0.1, 0.15) is 22.9 Å². The first kappa shape index (κ1) is 17.9. The van der Waals surface area contributed by atoms with Gasteiger partial charge in [0.15, 0.2) is 0 Å². The molecule has 0 saturated carbocycles. The summed E-state index contributed by atoms with van der Waals surface area (Å²) in [7, 11) is 0. The van der Waals surface area contributed by atoms with Gasteiger partial charge in [0.25, 0.3) is 0 Å². The van der Waals surface area contributed by atoms with Gasteiger partial charge in [-0.1, -0.05) is 13.8 Å². The lowest BCUT2D eigenvalue weighted by atomic mass is 9.97. The molecule has 0 aliphatic carbocycles. The van der Waals surface area contributed by atoms with E-state index in [0.717, 1.165) is 34.0 Å². The number of phenolic OH excluding ortho intramolecular Hbond substituents is 1. The highest BCUT2D eigenvalue weighted by atomic mass is 16.5. The first-order valence-electron chi connectivity index (χ1n) is 8.68. The second-order valence-electron chi connectivity index (χ2n) is 6.73. The van der Waals surface area contributed by atoms with E-state index in [0.29, 0.717) is 11.5 Å². The minimum atomic E-state index is -0.988. The molecule has 5 heteroatoms. The maximum atomic E-state index is 11.2. The Morgan fingerprint density at radius 1 is 1.23 bits per heavy atom. The van der Waals surface area contributed by atoms with Crippen LogP contribution in [0.15, 0.2) is 30.3 Å². The Kier molecular flexibility index (Phi) is 4.64. The summed E-state index contributed by atoms with van der Waals surface area (Å²) >= 11 is 0. The van der Waals surface area contributed by atoms with E-state index in [2.05, 4.69) is 18.8 Å². The van der Waals surface area contributed by atoms with Gasteiger partial charge < -0.3 is 19.9 Å². The Morgan fingerprint density at radius 2 is 1.96 bits per heavy atom. The fourth-order valence-corrected chi connectivity index (χ4v) is 3.20. The lowest BCUT2D eigenvalue weighted by Gasteiger charge is -2.16. The molecule has 26 heavy (non-hydrogen) atoms. The molecule has 0 aliphatic rings. The number of benzene rings is 2. The third-order valence-corrected chi connectivity index (χ3v) is 4.90. The summed E-state index contributed by atoms with van der Waals surface area (Å²) in [4.78, 5) is 14.1. The predicted octanol–water partition coefficient (Wildman–Crippen LogP) is 5.49. The molecule has 0 fully saturated rings. The number of nitrogens with one attached hydrogen (secondary N) is 1. The molecule has 1 aromatic heterocycles. The van der Waals surface area contributed by atoms with Crippen LogP contribution in [0.25, 0.3) is 10.9 Å². The van der Waals surface area contributed by atoms with Gasteiger partial charge in [-0.3, -0.25) is 0 Å². The number of aromatic hydroxyl groups is 1. The number of H-pyrrole nitrogens is 1. The number of hydrogen-bond acceptors (Lipinski definition) is 3. The number of carboxylic acid groups (broad SMARTS) is 1. The second-order valence-corrected chi connectivity index (χ2v) is 6.73. The molecule has 0 spiro atoms. The molecule has 0 saturated heterocycles. The molecule has 2 aromatic carbocycles. The van der Waals surface area contributed by atoms with Crippen LogP contribution in [0, 0.1) is 13.8 Å². The van der Waals surface area contributed by atoms with Crippen molar-refractivity contribution in [3.63, 3.8) is 0 Å². The van der Waals surface area contributed by atoms with E-state index in [9.17, 15) is 15.0 Å². The Hall–Kier alpha value is -2.95. The molecule has 1 heterocycles. The number of carbonyl (C=O) groups is 1. The SMILES string of the molecule is CCC(C)c1cc(Oc2c(C)cc3[nH]c(C(=O)O)cc3c2C)ccc1O. The molecular weight excluding hydrogens is 330 g/mol. The zero-order chi connectivity index (χ0) is 19.0. The topological polar surface area (TPSA) is 82.6 Å². The number of ether oxygens (including phenoxy) is 1. The van der Waals surface area contributed by atoms with E-state index in [-0.39, 0.29) is 17.4 Å². The van der Waals surface area contributed by atoms with E-state index < -0.39 is 5.97 Å². The van der Waals surface area contributed by atoms with Gasteiger partial charge in [0.2, 0.25) is 0 Å². The first-order chi connectivity index (χ1) is 12.3. The summed E-state index contributed by atoms with van der Waals surface area (Å²) in [6.07, 6.45) is 0.919. The zero-order valence-corrected chi connectivity index (χ0v) is 15.4. The van der Waals surface area contributed by atoms with E-state index in [1.165, 1.54) is 0 Å². The van der Waals surface area contributed by atoms with Crippen molar-refractivity contribution in [2.45, 2.75) is 40.0 Å². The van der Waals surface area contributed by atoms with Crippen molar-refractivity contribution >= 4 is 16.9 Å². The van der Waals surface area contributed by atoms with Gasteiger partial charge in [-0.05, 0) is 62.1 Å². The van der Waals surface area contributed by atoms with Gasteiger partial charge in [-0.25, -0.2) is 4.79 Å². The molecule has 1 unspecified atom stereocenters. The van der Waals surface area contributed by atoms with Gasteiger partial charge in [0, 0.05) is 22.0 Å². The van der Waals surface area contributed by atoms with Crippen LogP contribution in [0.1, 0.15) is 53.4 Å². The highest BCUT2D eigenvalue weighted by Gasteiger charge is 2.16. The minimum absolute atomic E-state index is 0.156. The minimum Gasteiger partial charge on any atom is -0.508 e. The zero-order valence-electron chi connectivity index (χ0n) is 15.4. The van der Waals surface area contributed by atoms with Crippen LogP contribution >= 0.6 is 0 Å². The fraction of sp³-hybridized carbons (Fsp3) is 0.286. The van der Waals surface area contributed by atoms with Crippen LogP contribution in [0.4, 0.5) is 0 Å². The van der Waals surface area contributed by atoms with Crippen molar-refractivity contribution in [3.8, 4) is 17.2 Å². The van der Waals surface area contributed by atoms with Gasteiger partial charge in [-0.2, -0.15) is 0 Å². The fourth-order valence-electron chi connectivity index (χ4n) is 3.20. The molecule has 0 radical (unpaired) electrons.